The first-order valence-electron chi connectivity index (χ1n) is 8.78. The third kappa shape index (κ3) is 3.20. The lowest BCUT2D eigenvalue weighted by molar-refractivity contribution is 0.0951. The summed E-state index contributed by atoms with van der Waals surface area (Å²) in [4.78, 5) is 14.9. The molecule has 6 heteroatoms. The lowest BCUT2D eigenvalue weighted by Gasteiger charge is -2.18. The zero-order chi connectivity index (χ0) is 18.3. The number of benzene rings is 2. The second-order valence-electron chi connectivity index (χ2n) is 7.21. The normalized spacial score (nSPS) is 23.7. The van der Waals surface area contributed by atoms with Crippen LogP contribution >= 0.6 is 0 Å². The Morgan fingerprint density at radius 2 is 2.00 bits per heavy atom. The molecule has 3 unspecified atom stereocenters. The van der Waals surface area contributed by atoms with Gasteiger partial charge in [0.1, 0.15) is 0 Å². The maximum absolute atomic E-state index is 12.6. The van der Waals surface area contributed by atoms with Crippen LogP contribution in [0.25, 0.3) is 11.1 Å². The summed E-state index contributed by atoms with van der Waals surface area (Å²) in [5.41, 5.74) is 4.29. The Balaban J connectivity index is 1.78. The summed E-state index contributed by atoms with van der Waals surface area (Å²) >= 11 is -2.15. The zero-order valence-electron chi connectivity index (χ0n) is 14.6. The fourth-order valence-corrected chi connectivity index (χ4v) is 4.77. The molecule has 4 rings (SSSR count). The van der Waals surface area contributed by atoms with Gasteiger partial charge in [-0.1, -0.05) is 47.5 Å². The lowest BCUT2D eigenvalue weighted by atomic mass is 9.85. The van der Waals surface area contributed by atoms with Crippen LogP contribution in [0.15, 0.2) is 42.5 Å². The largest absolute Gasteiger partial charge is 0.772 e. The van der Waals surface area contributed by atoms with Crippen molar-refractivity contribution in [2.24, 2.45) is 5.92 Å². The smallest absolute Gasteiger partial charge is 0.251 e. The molecule has 0 aliphatic carbocycles. The van der Waals surface area contributed by atoms with E-state index in [1.807, 2.05) is 36.4 Å². The Morgan fingerprint density at radius 3 is 2.81 bits per heavy atom. The molecule has 2 aliphatic rings. The van der Waals surface area contributed by atoms with Crippen molar-refractivity contribution in [3.8, 4) is 11.1 Å². The van der Waals surface area contributed by atoms with Crippen LogP contribution < -0.4 is 5.32 Å². The molecule has 136 valence electrons. The van der Waals surface area contributed by atoms with Gasteiger partial charge in [0.15, 0.2) is 0 Å². The van der Waals surface area contributed by atoms with Crippen molar-refractivity contribution in [2.45, 2.75) is 11.7 Å². The highest BCUT2D eigenvalue weighted by Crippen LogP contribution is 2.37. The summed E-state index contributed by atoms with van der Waals surface area (Å²) in [6.07, 6.45) is 0. The highest BCUT2D eigenvalue weighted by Gasteiger charge is 2.36. The molecule has 1 fully saturated rings. The minimum atomic E-state index is -2.15. The number of carbonyl (C=O) groups is 1. The van der Waals surface area contributed by atoms with E-state index in [0.717, 1.165) is 35.3 Å². The molecule has 1 saturated heterocycles. The highest BCUT2D eigenvalue weighted by molar-refractivity contribution is 7.78. The molecule has 0 bridgehead atoms. The van der Waals surface area contributed by atoms with Gasteiger partial charge in [-0.25, -0.2) is 0 Å². The Bertz CT molecular complexity index is 883. The fraction of sp³-hybridized carbons (Fsp3) is 0.350. The molecule has 2 aromatic carbocycles. The minimum Gasteiger partial charge on any atom is -0.772 e. The molecule has 2 heterocycles. The van der Waals surface area contributed by atoms with Gasteiger partial charge in [-0.2, -0.15) is 0 Å². The third-order valence-corrected chi connectivity index (χ3v) is 5.99. The SMILES string of the molecule is CN1CC2CNC(=O)c3cc(-c4ccccc4CS(=O)[O-])ccc3C2C1. The molecule has 1 N–H and O–H groups in total. The third-order valence-electron chi connectivity index (χ3n) is 5.45. The van der Waals surface area contributed by atoms with Gasteiger partial charge in [0, 0.05) is 36.9 Å². The van der Waals surface area contributed by atoms with Crippen LogP contribution in [0.3, 0.4) is 0 Å². The number of hydrogen-bond donors (Lipinski definition) is 1. The fourth-order valence-electron chi connectivity index (χ4n) is 4.26. The molecule has 5 nitrogen and oxygen atoms in total. The Labute approximate surface area is 155 Å². The molecule has 2 aromatic rings. The molecule has 2 aliphatic heterocycles. The van der Waals surface area contributed by atoms with Crippen LogP contribution in [0, 0.1) is 5.92 Å². The zero-order valence-corrected chi connectivity index (χ0v) is 15.4. The number of carbonyl (C=O) groups excluding carboxylic acids is 1. The number of rotatable bonds is 3. The first kappa shape index (κ1) is 17.4. The van der Waals surface area contributed by atoms with Crippen LogP contribution in [0.4, 0.5) is 0 Å². The number of nitrogens with zero attached hydrogens (tertiary/aromatic N) is 1. The molecule has 26 heavy (non-hydrogen) atoms. The average molecular weight is 369 g/mol. The van der Waals surface area contributed by atoms with Gasteiger partial charge in [-0.3, -0.25) is 9.00 Å². The van der Waals surface area contributed by atoms with Gasteiger partial charge in [0.25, 0.3) is 5.91 Å². The van der Waals surface area contributed by atoms with E-state index < -0.39 is 11.1 Å². The maximum atomic E-state index is 12.6. The van der Waals surface area contributed by atoms with Crippen molar-refractivity contribution in [3.63, 3.8) is 0 Å². The molecule has 0 radical (unpaired) electrons. The molecular formula is C20H21N2O3S-. The standard InChI is InChI=1S/C20H22N2O3S/c1-22-10-15-9-21-20(23)18-8-13(6-7-17(18)19(15)11-22)16-5-3-2-4-14(16)12-26(24)25/h2-8,15,19H,9-12H2,1H3,(H,21,23)(H,24,25)/p-1. The number of likely N-dealkylation sites (tertiary alicyclic amines) is 1. The number of fused-ring (bicyclic) bond motifs is 3. The molecule has 3 atom stereocenters. The second kappa shape index (κ2) is 6.95. The van der Waals surface area contributed by atoms with Crippen molar-refractivity contribution < 1.29 is 13.6 Å². The van der Waals surface area contributed by atoms with Crippen LogP contribution in [0.2, 0.25) is 0 Å². The van der Waals surface area contributed by atoms with Crippen LogP contribution in [0.5, 0.6) is 0 Å². The molecule has 1 amide bonds. The summed E-state index contributed by atoms with van der Waals surface area (Å²) in [7, 11) is 2.11. The van der Waals surface area contributed by atoms with Gasteiger partial charge >= 0.3 is 0 Å². The van der Waals surface area contributed by atoms with Crippen molar-refractivity contribution in [1.29, 1.82) is 0 Å². The maximum Gasteiger partial charge on any atom is 0.251 e. The average Bonchev–Trinajstić information content (AvgIpc) is 2.94. The van der Waals surface area contributed by atoms with E-state index in [1.54, 1.807) is 0 Å². The molecule has 0 spiro atoms. The van der Waals surface area contributed by atoms with Gasteiger partial charge in [-0.05, 0) is 41.3 Å². The van der Waals surface area contributed by atoms with E-state index in [-0.39, 0.29) is 11.7 Å². The lowest BCUT2D eigenvalue weighted by Crippen LogP contribution is -2.29. The van der Waals surface area contributed by atoms with Gasteiger partial charge in [0.2, 0.25) is 0 Å². The van der Waals surface area contributed by atoms with Crippen molar-refractivity contribution in [2.75, 3.05) is 26.7 Å². The number of amides is 1. The van der Waals surface area contributed by atoms with Crippen molar-refractivity contribution >= 4 is 17.0 Å². The van der Waals surface area contributed by atoms with Crippen LogP contribution in [-0.4, -0.2) is 46.3 Å². The first-order chi connectivity index (χ1) is 12.5. The van der Waals surface area contributed by atoms with Crippen molar-refractivity contribution in [1.82, 2.24) is 10.2 Å². The van der Waals surface area contributed by atoms with E-state index in [4.69, 9.17) is 0 Å². The van der Waals surface area contributed by atoms with Crippen LogP contribution in [0.1, 0.15) is 27.4 Å². The number of likely N-dealkylation sites (N-methyl/N-ethyl adjacent to an activating group) is 1. The van der Waals surface area contributed by atoms with E-state index >= 15 is 0 Å². The monoisotopic (exact) mass is 369 g/mol. The Kier molecular flexibility index (Phi) is 4.65. The number of nitrogens with one attached hydrogen (secondary N) is 1. The van der Waals surface area contributed by atoms with E-state index in [0.29, 0.717) is 23.9 Å². The summed E-state index contributed by atoms with van der Waals surface area (Å²) in [6, 6.07) is 13.4. The van der Waals surface area contributed by atoms with Gasteiger partial charge in [0.05, 0.1) is 0 Å². The molecule has 0 saturated carbocycles. The first-order valence-corrected chi connectivity index (χ1v) is 10.0. The van der Waals surface area contributed by atoms with Crippen LogP contribution in [-0.2, 0) is 16.8 Å². The van der Waals surface area contributed by atoms with Crippen molar-refractivity contribution in [3.05, 3.63) is 59.2 Å². The van der Waals surface area contributed by atoms with E-state index in [1.165, 1.54) is 0 Å². The molecular weight excluding hydrogens is 348 g/mol. The van der Waals surface area contributed by atoms with E-state index in [9.17, 15) is 13.6 Å². The van der Waals surface area contributed by atoms with E-state index in [2.05, 4.69) is 23.3 Å². The Hall–Kier alpha value is -2.02. The second-order valence-corrected chi connectivity index (χ2v) is 8.10. The predicted molar refractivity (Wildman–Crippen MR) is 101 cm³/mol. The summed E-state index contributed by atoms with van der Waals surface area (Å²) in [5, 5.41) is 3.05. The quantitative estimate of drug-likeness (QED) is 0.841. The summed E-state index contributed by atoms with van der Waals surface area (Å²) < 4.78 is 22.3. The summed E-state index contributed by atoms with van der Waals surface area (Å²) in [6.45, 7) is 2.64. The minimum absolute atomic E-state index is 0.0328. The predicted octanol–water partition coefficient (Wildman–Crippen LogP) is 2.12. The topological polar surface area (TPSA) is 72.5 Å². The number of hydrogen-bond acceptors (Lipinski definition) is 4. The Morgan fingerprint density at radius 1 is 1.19 bits per heavy atom. The summed E-state index contributed by atoms with van der Waals surface area (Å²) in [5.74, 6) is 0.719. The highest BCUT2D eigenvalue weighted by atomic mass is 32.2. The van der Waals surface area contributed by atoms with Gasteiger partial charge in [-0.15, -0.1) is 0 Å². The molecule has 0 aromatic heterocycles. The van der Waals surface area contributed by atoms with Gasteiger partial charge < -0.3 is 14.8 Å².